The standard InChI is InChI=1S/C20H31NO3/c1-13-4-3-5-14(2)21(13)18(22)12-24-19(23)20-9-15-6-16(10-20)8-17(7-15)11-20/h13-17H,3-12H2,1-2H3/t13-,14+,15?,16?,17?,20?. The van der Waals surface area contributed by atoms with Crippen LogP contribution in [-0.2, 0) is 14.3 Å². The number of hydrogen-bond acceptors (Lipinski definition) is 3. The first-order valence-corrected chi connectivity index (χ1v) is 9.95. The van der Waals surface area contributed by atoms with Crippen LogP contribution in [0, 0.1) is 23.2 Å². The summed E-state index contributed by atoms with van der Waals surface area (Å²) in [6.45, 7) is 4.15. The Kier molecular flexibility index (Phi) is 4.12. The summed E-state index contributed by atoms with van der Waals surface area (Å²) in [7, 11) is 0. The van der Waals surface area contributed by atoms with Crippen LogP contribution in [0.3, 0.4) is 0 Å². The lowest BCUT2D eigenvalue weighted by molar-refractivity contribution is -0.175. The van der Waals surface area contributed by atoms with Gasteiger partial charge in [-0.15, -0.1) is 0 Å². The number of carbonyl (C=O) groups excluding carboxylic acids is 2. The van der Waals surface area contributed by atoms with Gasteiger partial charge in [0.25, 0.3) is 5.91 Å². The Morgan fingerprint density at radius 3 is 1.96 bits per heavy atom. The normalized spacial score (nSPS) is 43.8. The summed E-state index contributed by atoms with van der Waals surface area (Å²) < 4.78 is 5.61. The molecule has 1 heterocycles. The molecule has 4 saturated carbocycles. The molecule has 1 saturated heterocycles. The van der Waals surface area contributed by atoms with Crippen molar-refractivity contribution < 1.29 is 14.3 Å². The van der Waals surface area contributed by atoms with Crippen molar-refractivity contribution in [3.63, 3.8) is 0 Å². The van der Waals surface area contributed by atoms with E-state index in [1.807, 2.05) is 4.90 Å². The highest BCUT2D eigenvalue weighted by Crippen LogP contribution is 2.60. The van der Waals surface area contributed by atoms with E-state index in [4.69, 9.17) is 4.74 Å². The fraction of sp³-hybridized carbons (Fsp3) is 0.900. The van der Waals surface area contributed by atoms with E-state index < -0.39 is 0 Å². The molecule has 0 spiro atoms. The van der Waals surface area contributed by atoms with Gasteiger partial charge in [0.15, 0.2) is 6.61 Å². The van der Waals surface area contributed by atoms with E-state index in [0.717, 1.165) is 49.9 Å². The number of esters is 1. The number of likely N-dealkylation sites (tertiary alicyclic amines) is 1. The molecule has 0 radical (unpaired) electrons. The van der Waals surface area contributed by atoms with E-state index in [-0.39, 0.29) is 36.0 Å². The monoisotopic (exact) mass is 333 g/mol. The maximum atomic E-state index is 12.9. The summed E-state index contributed by atoms with van der Waals surface area (Å²) in [5, 5.41) is 0. The van der Waals surface area contributed by atoms with Crippen LogP contribution in [0.4, 0.5) is 0 Å². The Bertz CT molecular complexity index is 484. The predicted molar refractivity (Wildman–Crippen MR) is 91.2 cm³/mol. The van der Waals surface area contributed by atoms with Crippen molar-refractivity contribution in [1.82, 2.24) is 4.90 Å². The van der Waals surface area contributed by atoms with Gasteiger partial charge in [0.05, 0.1) is 5.41 Å². The van der Waals surface area contributed by atoms with Crippen LogP contribution in [0.2, 0.25) is 0 Å². The minimum Gasteiger partial charge on any atom is -0.455 e. The van der Waals surface area contributed by atoms with Crippen molar-refractivity contribution >= 4 is 11.9 Å². The van der Waals surface area contributed by atoms with Gasteiger partial charge in [-0.2, -0.15) is 0 Å². The Balaban J connectivity index is 1.37. The maximum Gasteiger partial charge on any atom is 0.312 e. The van der Waals surface area contributed by atoms with Gasteiger partial charge in [-0.1, -0.05) is 0 Å². The molecule has 4 aliphatic carbocycles. The molecule has 0 unspecified atom stereocenters. The van der Waals surface area contributed by atoms with Gasteiger partial charge in [-0.25, -0.2) is 0 Å². The van der Waals surface area contributed by atoms with E-state index >= 15 is 0 Å². The first-order valence-electron chi connectivity index (χ1n) is 9.95. The zero-order chi connectivity index (χ0) is 16.9. The van der Waals surface area contributed by atoms with E-state index in [2.05, 4.69) is 13.8 Å². The largest absolute Gasteiger partial charge is 0.455 e. The van der Waals surface area contributed by atoms with Gasteiger partial charge < -0.3 is 9.64 Å². The molecule has 0 aromatic rings. The lowest BCUT2D eigenvalue weighted by Crippen LogP contribution is -2.52. The molecule has 1 amide bonds. The average molecular weight is 333 g/mol. The second-order valence-corrected chi connectivity index (χ2v) is 9.20. The predicted octanol–water partition coefficient (Wildman–Crippen LogP) is 3.54. The average Bonchev–Trinajstić information content (AvgIpc) is 2.51. The molecule has 4 bridgehead atoms. The minimum atomic E-state index is -0.256. The van der Waals surface area contributed by atoms with Crippen LogP contribution in [0.1, 0.15) is 71.6 Å². The second kappa shape index (κ2) is 6.03. The third kappa shape index (κ3) is 2.76. The van der Waals surface area contributed by atoms with Crippen LogP contribution < -0.4 is 0 Å². The Hall–Kier alpha value is -1.06. The molecule has 0 aromatic carbocycles. The molecular formula is C20H31NO3. The van der Waals surface area contributed by atoms with Gasteiger partial charge in [0, 0.05) is 12.1 Å². The van der Waals surface area contributed by atoms with Gasteiger partial charge in [-0.3, -0.25) is 9.59 Å². The molecule has 5 rings (SSSR count). The topological polar surface area (TPSA) is 46.6 Å². The first kappa shape index (κ1) is 16.4. The summed E-state index contributed by atoms with van der Waals surface area (Å²) >= 11 is 0. The number of amides is 1. The van der Waals surface area contributed by atoms with Crippen LogP contribution in [0.15, 0.2) is 0 Å². The van der Waals surface area contributed by atoms with Crippen molar-refractivity contribution in [2.24, 2.45) is 23.2 Å². The molecule has 0 N–H and O–H groups in total. The maximum absolute atomic E-state index is 12.9. The lowest BCUT2D eigenvalue weighted by Gasteiger charge is -2.55. The van der Waals surface area contributed by atoms with E-state index in [1.165, 1.54) is 25.7 Å². The number of ether oxygens (including phenoxy) is 1. The summed E-state index contributed by atoms with van der Waals surface area (Å²) in [4.78, 5) is 27.4. The number of rotatable bonds is 3. The minimum absolute atomic E-state index is 0.00669. The first-order chi connectivity index (χ1) is 11.5. The van der Waals surface area contributed by atoms with Crippen molar-refractivity contribution in [1.29, 1.82) is 0 Å². The van der Waals surface area contributed by atoms with Crippen molar-refractivity contribution in [2.45, 2.75) is 83.7 Å². The van der Waals surface area contributed by atoms with Gasteiger partial charge in [0.1, 0.15) is 0 Å². The summed E-state index contributed by atoms with van der Waals surface area (Å²) in [5.74, 6) is 2.09. The molecule has 4 nitrogen and oxygen atoms in total. The van der Waals surface area contributed by atoms with E-state index in [0.29, 0.717) is 0 Å². The van der Waals surface area contributed by atoms with Crippen LogP contribution in [0.25, 0.3) is 0 Å². The second-order valence-electron chi connectivity index (χ2n) is 9.20. The molecule has 24 heavy (non-hydrogen) atoms. The Morgan fingerprint density at radius 1 is 0.958 bits per heavy atom. The van der Waals surface area contributed by atoms with Crippen LogP contribution in [0.5, 0.6) is 0 Å². The highest BCUT2D eigenvalue weighted by molar-refractivity contribution is 5.83. The highest BCUT2D eigenvalue weighted by Gasteiger charge is 2.55. The molecule has 134 valence electrons. The summed E-state index contributed by atoms with van der Waals surface area (Å²) in [5.41, 5.74) is -0.256. The summed E-state index contributed by atoms with van der Waals surface area (Å²) in [6.07, 6.45) is 10.2. The molecule has 1 aliphatic heterocycles. The summed E-state index contributed by atoms with van der Waals surface area (Å²) in [6, 6.07) is 0.527. The molecule has 2 atom stereocenters. The zero-order valence-corrected chi connectivity index (χ0v) is 15.1. The van der Waals surface area contributed by atoms with Crippen LogP contribution in [-0.4, -0.2) is 35.5 Å². The number of nitrogens with zero attached hydrogens (tertiary/aromatic N) is 1. The molecule has 5 aliphatic rings. The van der Waals surface area contributed by atoms with Gasteiger partial charge in [-0.05, 0) is 89.4 Å². The molecular weight excluding hydrogens is 302 g/mol. The van der Waals surface area contributed by atoms with Crippen LogP contribution >= 0.6 is 0 Å². The Labute approximate surface area is 145 Å². The lowest BCUT2D eigenvalue weighted by atomic mass is 9.49. The fourth-order valence-corrected chi connectivity index (χ4v) is 6.63. The fourth-order valence-electron chi connectivity index (χ4n) is 6.63. The molecule has 5 fully saturated rings. The number of piperidine rings is 1. The molecule has 4 heteroatoms. The van der Waals surface area contributed by atoms with Crippen molar-refractivity contribution in [2.75, 3.05) is 6.61 Å². The van der Waals surface area contributed by atoms with E-state index in [1.54, 1.807) is 0 Å². The quantitative estimate of drug-likeness (QED) is 0.742. The Morgan fingerprint density at radius 2 is 1.46 bits per heavy atom. The molecule has 0 aromatic heterocycles. The van der Waals surface area contributed by atoms with Gasteiger partial charge >= 0.3 is 5.97 Å². The van der Waals surface area contributed by atoms with Gasteiger partial charge in [0.2, 0.25) is 0 Å². The SMILES string of the molecule is C[C@@H]1CCC[C@H](C)N1C(=O)COC(=O)C12CC3CC(CC(C3)C1)C2. The smallest absolute Gasteiger partial charge is 0.312 e. The number of hydrogen-bond donors (Lipinski definition) is 0. The van der Waals surface area contributed by atoms with Crippen molar-refractivity contribution in [3.8, 4) is 0 Å². The third-order valence-corrected chi connectivity index (χ3v) is 7.28. The van der Waals surface area contributed by atoms with Crippen molar-refractivity contribution in [3.05, 3.63) is 0 Å². The number of carbonyl (C=O) groups is 2. The highest BCUT2D eigenvalue weighted by atomic mass is 16.5. The zero-order valence-electron chi connectivity index (χ0n) is 15.1. The van der Waals surface area contributed by atoms with E-state index in [9.17, 15) is 9.59 Å². The third-order valence-electron chi connectivity index (χ3n) is 7.28.